The lowest BCUT2D eigenvalue weighted by Crippen LogP contribution is -1.92. The highest BCUT2D eigenvalue weighted by Crippen LogP contribution is 2.43. The molecule has 0 heterocycles. The maximum Gasteiger partial charge on any atom is 0.0309 e. The van der Waals surface area contributed by atoms with Crippen molar-refractivity contribution in [3.8, 4) is 0 Å². The van der Waals surface area contributed by atoms with Crippen molar-refractivity contribution in [2.24, 2.45) is 11.8 Å². The van der Waals surface area contributed by atoms with E-state index in [0.717, 1.165) is 24.7 Å². The molecular formula is C7H11. The lowest BCUT2D eigenvalue weighted by atomic mass is 10.0. The van der Waals surface area contributed by atoms with Gasteiger partial charge < -0.3 is 0 Å². The van der Waals surface area contributed by atoms with E-state index >= 15 is 0 Å². The fourth-order valence-corrected chi connectivity index (χ4v) is 1.78. The number of rotatable bonds is 0. The molecule has 0 aromatic carbocycles. The molecule has 2 saturated carbocycles. The molecule has 0 saturated heterocycles. The van der Waals surface area contributed by atoms with Crippen molar-refractivity contribution in [2.45, 2.75) is 25.7 Å². The number of hydrogen-bond donors (Lipinski definition) is 0. The molecule has 2 aliphatic rings. The second-order valence-corrected chi connectivity index (χ2v) is 2.78. The van der Waals surface area contributed by atoms with Gasteiger partial charge in [0.2, 0.25) is 0 Å². The molecule has 39 valence electrons. The summed E-state index contributed by atoms with van der Waals surface area (Å²) >= 11 is 0. The largest absolute Gasteiger partial charge is 0.0502 e. The van der Waals surface area contributed by atoms with Gasteiger partial charge in [-0.2, -0.15) is 0 Å². The Balaban J connectivity index is 2.11. The molecule has 2 bridgehead atoms. The van der Waals surface area contributed by atoms with E-state index in [2.05, 4.69) is 0 Å². The van der Waals surface area contributed by atoms with E-state index in [0.29, 0.717) is 0 Å². The van der Waals surface area contributed by atoms with Gasteiger partial charge in [0.1, 0.15) is 0 Å². The van der Waals surface area contributed by atoms with Crippen molar-refractivity contribution in [3.63, 3.8) is 0 Å². The van der Waals surface area contributed by atoms with Gasteiger partial charge >= 0.3 is 0 Å². The zero-order valence-corrected chi connectivity index (χ0v) is 4.48. The van der Waals surface area contributed by atoms with Crippen LogP contribution in [0.2, 0.25) is 0 Å². The Kier molecular flexibility index (Phi) is 0.551. The van der Waals surface area contributed by atoms with Crippen molar-refractivity contribution >= 4 is 0 Å². The second kappa shape index (κ2) is 1.24. The van der Waals surface area contributed by atoms with Crippen LogP contribution in [-0.4, -0.2) is 0 Å². The van der Waals surface area contributed by atoms with Crippen molar-refractivity contribution in [1.29, 1.82) is 0 Å². The lowest BCUT2D eigenvalue weighted by Gasteiger charge is -2.04. The van der Waals surface area contributed by atoms with E-state index in [1.165, 1.54) is 19.3 Å². The van der Waals surface area contributed by atoms with Crippen LogP contribution in [0.1, 0.15) is 27.1 Å². The minimum absolute atomic E-state index is 0.722. The third kappa shape index (κ3) is 0.490. The van der Waals surface area contributed by atoms with E-state index < -0.39 is 0 Å². The maximum atomic E-state index is 7.44. The highest BCUT2D eigenvalue weighted by atomic mass is 14.4. The molecule has 0 heteroatoms. The van der Waals surface area contributed by atoms with Gasteiger partial charge in [0, 0.05) is 1.37 Å². The summed E-state index contributed by atoms with van der Waals surface area (Å²) in [6, 6.07) is 0. The zero-order chi connectivity index (χ0) is 5.56. The summed E-state index contributed by atoms with van der Waals surface area (Å²) in [5, 5.41) is 0. The fraction of sp³-hybridized carbons (Fsp3) is 0.857. The molecule has 1 radical (unpaired) electrons. The van der Waals surface area contributed by atoms with Crippen LogP contribution < -0.4 is 0 Å². The summed E-state index contributed by atoms with van der Waals surface area (Å²) in [5.74, 6) is 1.65. The number of fused-ring (bicyclic) bond motifs is 2. The van der Waals surface area contributed by atoms with Crippen molar-refractivity contribution in [2.75, 3.05) is 0 Å². The van der Waals surface area contributed by atoms with Crippen molar-refractivity contribution in [3.05, 3.63) is 6.40 Å². The van der Waals surface area contributed by atoms with Gasteiger partial charge in [0.15, 0.2) is 0 Å². The first kappa shape index (κ1) is 3.11. The van der Waals surface area contributed by atoms with E-state index in [9.17, 15) is 0 Å². The fourth-order valence-electron chi connectivity index (χ4n) is 1.78. The van der Waals surface area contributed by atoms with Crippen LogP contribution >= 0.6 is 0 Å². The van der Waals surface area contributed by atoms with Gasteiger partial charge in [-0.15, -0.1) is 0 Å². The van der Waals surface area contributed by atoms with Gasteiger partial charge in [-0.1, -0.05) is 6.42 Å². The van der Waals surface area contributed by atoms with Crippen LogP contribution in [0.4, 0.5) is 0 Å². The van der Waals surface area contributed by atoms with Crippen LogP contribution in [0.5, 0.6) is 0 Å². The van der Waals surface area contributed by atoms with Crippen LogP contribution in [0.3, 0.4) is 0 Å². The van der Waals surface area contributed by atoms with Crippen LogP contribution in [0.25, 0.3) is 0 Å². The molecular weight excluding hydrogens is 84.1 g/mol. The molecule has 0 spiro atoms. The molecule has 7 heavy (non-hydrogen) atoms. The summed E-state index contributed by atoms with van der Waals surface area (Å²) < 4.78 is 7.44. The third-order valence-electron chi connectivity index (χ3n) is 2.24. The van der Waals surface area contributed by atoms with Crippen molar-refractivity contribution in [1.82, 2.24) is 0 Å². The summed E-state index contributed by atoms with van der Waals surface area (Å²) in [4.78, 5) is 0. The smallest absolute Gasteiger partial charge is 0.0309 e. The Morgan fingerprint density at radius 2 is 2.57 bits per heavy atom. The van der Waals surface area contributed by atoms with Crippen LogP contribution in [0.15, 0.2) is 0 Å². The first-order valence-electron chi connectivity index (χ1n) is 3.68. The molecule has 0 aliphatic heterocycles. The predicted octanol–water partition coefficient (Wildman–Crippen LogP) is 2.01. The van der Waals surface area contributed by atoms with Gasteiger partial charge in [0.05, 0.1) is 0 Å². The topological polar surface area (TPSA) is 0 Å². The van der Waals surface area contributed by atoms with E-state index in [4.69, 9.17) is 1.37 Å². The quantitative estimate of drug-likeness (QED) is 0.432. The Bertz CT molecular complexity index is 98.6. The molecule has 0 amide bonds. The third-order valence-corrected chi connectivity index (χ3v) is 2.24. The summed E-state index contributed by atoms with van der Waals surface area (Å²) in [6.07, 6.45) is 6.25. The van der Waals surface area contributed by atoms with Crippen molar-refractivity contribution < 1.29 is 1.37 Å². The molecule has 0 aromatic heterocycles. The molecule has 2 fully saturated rings. The zero-order valence-electron chi connectivity index (χ0n) is 5.48. The Hall–Kier alpha value is 0. The molecule has 2 unspecified atom stereocenters. The van der Waals surface area contributed by atoms with Gasteiger partial charge in [0.25, 0.3) is 0 Å². The van der Waals surface area contributed by atoms with E-state index in [1.807, 2.05) is 0 Å². The van der Waals surface area contributed by atoms with Gasteiger partial charge in [-0.05, 0) is 37.5 Å². The molecule has 0 nitrogen and oxygen atoms in total. The lowest BCUT2D eigenvalue weighted by molar-refractivity contribution is 0.557. The summed E-state index contributed by atoms with van der Waals surface area (Å²) in [5.41, 5.74) is 0. The average molecular weight is 96.2 g/mol. The average Bonchev–Trinajstić information content (AvgIpc) is 2.23. The molecule has 0 N–H and O–H groups in total. The minimum Gasteiger partial charge on any atom is -0.0502 e. The first-order valence-corrected chi connectivity index (χ1v) is 3.18. The monoisotopic (exact) mass is 96.1 g/mol. The maximum absolute atomic E-state index is 7.44. The van der Waals surface area contributed by atoms with Crippen LogP contribution in [0, 0.1) is 18.2 Å². The molecule has 2 atom stereocenters. The van der Waals surface area contributed by atoms with E-state index in [-0.39, 0.29) is 0 Å². The number of hydrogen-bond acceptors (Lipinski definition) is 0. The second-order valence-electron chi connectivity index (χ2n) is 2.78. The highest BCUT2D eigenvalue weighted by Gasteiger charge is 2.30. The van der Waals surface area contributed by atoms with Crippen LogP contribution in [-0.2, 0) is 0 Å². The normalized spacial score (nSPS) is 52.9. The molecule has 0 aromatic rings. The van der Waals surface area contributed by atoms with Gasteiger partial charge in [-0.3, -0.25) is 0 Å². The Labute approximate surface area is 46.3 Å². The Morgan fingerprint density at radius 3 is 2.86 bits per heavy atom. The summed E-state index contributed by atoms with van der Waals surface area (Å²) in [7, 11) is 0. The highest BCUT2D eigenvalue weighted by molar-refractivity contribution is 4.94. The SMILES string of the molecule is [2H][C]1CC2CCC1C2. The predicted molar refractivity (Wildman–Crippen MR) is 29.7 cm³/mol. The summed E-state index contributed by atoms with van der Waals surface area (Å²) in [6.45, 7) is 0. The van der Waals surface area contributed by atoms with Gasteiger partial charge in [-0.25, -0.2) is 0 Å². The standard InChI is InChI=1S/C7H11/c1-2-7-4-3-6(1)5-7/h1,6-7H,2-5H2/i1D. The minimum atomic E-state index is 0.722. The molecule has 2 aliphatic carbocycles. The van der Waals surface area contributed by atoms with E-state index in [1.54, 1.807) is 0 Å². The first-order chi connectivity index (χ1) is 3.86. The Morgan fingerprint density at radius 1 is 1.57 bits per heavy atom. The molecule has 2 rings (SSSR count).